The van der Waals surface area contributed by atoms with Crippen molar-refractivity contribution in [3.63, 3.8) is 0 Å². The van der Waals surface area contributed by atoms with Crippen LogP contribution in [0.5, 0.6) is 11.8 Å². The van der Waals surface area contributed by atoms with Crippen molar-refractivity contribution in [3.8, 4) is 11.8 Å². The van der Waals surface area contributed by atoms with Crippen molar-refractivity contribution in [2.24, 2.45) is 4.99 Å². The lowest BCUT2D eigenvalue weighted by atomic mass is 10.2. The Bertz CT molecular complexity index is 2280. The fraction of sp³-hybridized carbons (Fsp3) is 0.276. The summed E-state index contributed by atoms with van der Waals surface area (Å²) in [4.78, 5) is 57.4. The second-order valence-corrected chi connectivity index (χ2v) is 14.3. The number of rotatable bonds is 12. The number of esters is 1. The number of aromatic carboxylic acids is 1. The molecule has 0 fully saturated rings. The third kappa shape index (κ3) is 11.9. The Morgan fingerprint density at radius 2 is 1.65 bits per heavy atom. The number of halogens is 6. The molecule has 1 aliphatic heterocycles. The molecule has 2 amide bonds. The van der Waals surface area contributed by atoms with Crippen LogP contribution in [-0.2, 0) is 32.6 Å². The first-order valence-corrected chi connectivity index (χ1v) is 18.6. The van der Waals surface area contributed by atoms with Crippen LogP contribution in [0.1, 0.15) is 23.2 Å². The first-order chi connectivity index (χ1) is 26.0. The first-order valence-electron chi connectivity index (χ1n) is 15.0. The number of carbonyl (C=O) groups excluding carboxylic acids is 2. The van der Waals surface area contributed by atoms with Gasteiger partial charge < -0.3 is 19.3 Å². The summed E-state index contributed by atoms with van der Waals surface area (Å²) in [6.45, 7) is -5.49. The number of carboxylic acid groups (broad SMARTS) is 1. The number of methoxy groups -OCH3 is 1. The highest BCUT2D eigenvalue weighted by molar-refractivity contribution is 8.00. The summed E-state index contributed by atoms with van der Waals surface area (Å²) in [5.74, 6) is -5.38. The topological polar surface area (TPSA) is 222 Å². The lowest BCUT2D eigenvalue weighted by Crippen LogP contribution is -2.35. The summed E-state index contributed by atoms with van der Waals surface area (Å²) >= 11 is 8.17. The van der Waals surface area contributed by atoms with Crippen molar-refractivity contribution in [2.45, 2.75) is 48.9 Å². The minimum Gasteiger partial charge on any atom is -0.478 e. The van der Waals surface area contributed by atoms with E-state index in [0.29, 0.717) is 28.9 Å². The average Bonchev–Trinajstić information content (AvgIpc) is 3.42. The molecule has 2 aromatic carbocycles. The van der Waals surface area contributed by atoms with E-state index < -0.39 is 75.2 Å². The first kappa shape index (κ1) is 42.5. The van der Waals surface area contributed by atoms with Gasteiger partial charge in [0.1, 0.15) is 16.4 Å². The Morgan fingerprint density at radius 1 is 1.04 bits per heavy atom. The molecule has 3 N–H and O–H groups in total. The lowest BCUT2D eigenvalue weighted by Gasteiger charge is -2.15. The van der Waals surface area contributed by atoms with Crippen LogP contribution in [0.3, 0.4) is 0 Å². The van der Waals surface area contributed by atoms with Gasteiger partial charge in [-0.25, -0.2) is 36.8 Å². The molecular weight excluding hydrogens is 833 g/mol. The van der Waals surface area contributed by atoms with E-state index >= 15 is 0 Å². The average molecular weight is 858 g/mol. The second kappa shape index (κ2) is 18.9. The number of fused-ring (bicyclic) bond motifs is 1. The quantitative estimate of drug-likeness (QED) is 0.100. The number of sulfonamides is 1. The van der Waals surface area contributed by atoms with Crippen molar-refractivity contribution < 1.29 is 64.1 Å². The highest BCUT2D eigenvalue weighted by atomic mass is 35.5. The fourth-order valence-corrected chi connectivity index (χ4v) is 7.47. The summed E-state index contributed by atoms with van der Waals surface area (Å²) in [5.41, 5.74) is -0.562. The van der Waals surface area contributed by atoms with Gasteiger partial charge in [-0.2, -0.15) is 27.5 Å². The van der Waals surface area contributed by atoms with Crippen LogP contribution in [0.2, 0.25) is 5.02 Å². The van der Waals surface area contributed by atoms with Gasteiger partial charge in [-0.15, -0.1) is 11.8 Å². The maximum Gasteiger partial charge on any atom is 0.388 e. The van der Waals surface area contributed by atoms with E-state index in [1.165, 1.54) is 30.0 Å². The third-order valence-electron chi connectivity index (χ3n) is 6.64. The Labute approximate surface area is 318 Å². The van der Waals surface area contributed by atoms with Gasteiger partial charge >= 0.3 is 36.1 Å². The maximum atomic E-state index is 14.3. The highest BCUT2D eigenvalue weighted by Crippen LogP contribution is 2.33. The molecule has 55 heavy (non-hydrogen) atoms. The maximum absolute atomic E-state index is 14.3. The van der Waals surface area contributed by atoms with E-state index in [-0.39, 0.29) is 21.3 Å². The molecule has 2 aromatic heterocycles. The number of alkyl halides is 4. The fourth-order valence-electron chi connectivity index (χ4n) is 4.38. The van der Waals surface area contributed by atoms with Gasteiger partial charge in [0.05, 0.1) is 29.5 Å². The van der Waals surface area contributed by atoms with Crippen molar-refractivity contribution in [1.29, 1.82) is 0 Å². The number of carbonyl (C=O) groups is 3. The number of anilines is 1. The van der Waals surface area contributed by atoms with Gasteiger partial charge in [0.25, 0.3) is 10.0 Å². The van der Waals surface area contributed by atoms with Crippen molar-refractivity contribution in [3.05, 3.63) is 73.3 Å². The molecule has 5 rings (SSSR count). The number of hydrogen-bond acceptors (Lipinski definition) is 14. The zero-order valence-electron chi connectivity index (χ0n) is 27.6. The van der Waals surface area contributed by atoms with Crippen molar-refractivity contribution >= 4 is 74.3 Å². The largest absolute Gasteiger partial charge is 0.478 e. The normalized spacial score (nSPS) is 12.7. The Morgan fingerprint density at radius 3 is 2.25 bits per heavy atom. The molecule has 3 heterocycles. The monoisotopic (exact) mass is 857 g/mol. The third-order valence-corrected chi connectivity index (χ3v) is 10.4. The molecule has 26 heteroatoms. The van der Waals surface area contributed by atoms with Gasteiger partial charge in [-0.3, -0.25) is 19.6 Å². The Balaban J connectivity index is 0.000000248. The predicted molar refractivity (Wildman–Crippen MR) is 183 cm³/mol. The molecule has 0 saturated carbocycles. The molecule has 0 aliphatic carbocycles. The van der Waals surface area contributed by atoms with Crippen LogP contribution in [0.4, 0.5) is 38.4 Å². The molecule has 0 atom stereocenters. The van der Waals surface area contributed by atoms with E-state index in [9.17, 15) is 49.5 Å². The molecule has 17 nitrogen and oxygen atoms in total. The van der Waals surface area contributed by atoms with Crippen LogP contribution < -0.4 is 29.2 Å². The van der Waals surface area contributed by atoms with E-state index in [4.69, 9.17) is 16.7 Å². The van der Waals surface area contributed by atoms with Crippen molar-refractivity contribution in [1.82, 2.24) is 24.1 Å². The zero-order chi connectivity index (χ0) is 40.4. The molecule has 0 saturated heterocycles. The number of hydrogen-bond donors (Lipinski definition) is 3. The minimum absolute atomic E-state index is 0.0605. The minimum atomic E-state index is -4.71. The molecular formula is C29H25ClF5N7O10S3. The lowest BCUT2D eigenvalue weighted by molar-refractivity contribution is -0.137. The molecule has 0 unspecified atom stereocenters. The van der Waals surface area contributed by atoms with E-state index in [1.807, 2.05) is 0 Å². The number of ether oxygens (including phenoxy) is 3. The number of benzene rings is 2. The number of nitrogens with one attached hydrogen (secondary N) is 2. The summed E-state index contributed by atoms with van der Waals surface area (Å²) < 4.78 is 105. The summed E-state index contributed by atoms with van der Waals surface area (Å²) in [5, 5.41) is 10.9. The van der Waals surface area contributed by atoms with Crippen LogP contribution in [0.25, 0.3) is 0 Å². The standard InChI is InChI=1S/C15H15ClFN3O3S2.C14H10F4N4O7S/c1-23-13(21)8-24-12-7-11(10(17)6-9(12)16)18-14-19-4-2-3-5-20(19)15(22)25-14;15-11(16)28-8-5-9(29-12(17)18)20-13(19-8)21-14(25)22-30(26,27)7-4-2-1-3-6(7)10(23)24/h6-7H,2-5,8H2,1H3;1-5,11-12H,(H,23,24)(H2,19,20,21,22,25)/b18-14-;. The SMILES string of the molecule is COC(=O)CSc1cc(/N=c2\sc(=O)n3n2CCCC3)c(F)cc1Cl.O=C(Nc1nc(OC(F)F)cc(OC(F)F)n1)NS(=O)(=O)c1ccccc1C(=O)O. The zero-order valence-corrected chi connectivity index (χ0v) is 30.8. The predicted octanol–water partition coefficient (Wildman–Crippen LogP) is 4.68. The van der Waals surface area contributed by atoms with E-state index in [1.54, 1.807) is 14.7 Å². The van der Waals surface area contributed by atoms with Crippen LogP contribution in [-0.4, -0.2) is 76.9 Å². The van der Waals surface area contributed by atoms with Crippen LogP contribution in [0.15, 0.2) is 62.0 Å². The molecule has 4 aromatic rings. The van der Waals surface area contributed by atoms with E-state index in [0.717, 1.165) is 54.1 Å². The number of nitrogens with zero attached hydrogens (tertiary/aromatic N) is 5. The molecule has 1 aliphatic rings. The smallest absolute Gasteiger partial charge is 0.388 e. The number of urea groups is 1. The number of thioether (sulfide) groups is 1. The Kier molecular flexibility index (Phi) is 14.6. The van der Waals surface area contributed by atoms with Gasteiger partial charge in [-0.05, 0) is 48.4 Å². The summed E-state index contributed by atoms with van der Waals surface area (Å²) in [6.07, 6.45) is 1.90. The highest BCUT2D eigenvalue weighted by Gasteiger charge is 2.25. The van der Waals surface area contributed by atoms with Crippen LogP contribution >= 0.6 is 34.7 Å². The number of aromatic nitrogens is 4. The van der Waals surface area contributed by atoms with Gasteiger partial charge in [0.15, 0.2) is 0 Å². The summed E-state index contributed by atoms with van der Waals surface area (Å²) in [6, 6.07) is 5.87. The number of carboxylic acids is 1. The molecule has 0 spiro atoms. The molecule has 0 bridgehead atoms. The summed E-state index contributed by atoms with van der Waals surface area (Å²) in [7, 11) is -3.42. The second-order valence-electron chi connectivity index (χ2n) is 10.3. The number of amides is 2. The van der Waals surface area contributed by atoms with Crippen molar-refractivity contribution in [2.75, 3.05) is 18.2 Å². The molecule has 296 valence electrons. The Hall–Kier alpha value is -5.27. The van der Waals surface area contributed by atoms with Gasteiger partial charge in [-0.1, -0.05) is 23.7 Å². The van der Waals surface area contributed by atoms with E-state index in [2.05, 4.69) is 29.2 Å². The van der Waals surface area contributed by atoms with Crippen LogP contribution in [0, 0.1) is 5.82 Å². The molecule has 0 radical (unpaired) electrons. The van der Waals surface area contributed by atoms with Gasteiger partial charge in [0.2, 0.25) is 22.5 Å². The van der Waals surface area contributed by atoms with Gasteiger partial charge in [0, 0.05) is 18.0 Å².